The minimum absolute atomic E-state index is 0.358. The van der Waals surface area contributed by atoms with Crippen LogP contribution in [-0.2, 0) is 0 Å². The van der Waals surface area contributed by atoms with Crippen molar-refractivity contribution in [3.8, 4) is 0 Å². The number of likely N-dealkylation sites (tertiary alicyclic amines) is 1. The van der Waals surface area contributed by atoms with Crippen molar-refractivity contribution in [2.75, 3.05) is 26.7 Å². The van der Waals surface area contributed by atoms with Crippen molar-refractivity contribution >= 4 is 6.21 Å². The standard InChI is InChI=1S/C11H21N3/c1-10(2)14-6-4-5-11(9-14)7-12-13(3)8-11/h7,10H,4-6,8-9H2,1-3H3. The zero-order valence-corrected chi connectivity index (χ0v) is 9.53. The van der Waals surface area contributed by atoms with E-state index in [-0.39, 0.29) is 0 Å². The molecular formula is C11H21N3. The fourth-order valence-corrected chi connectivity index (χ4v) is 2.63. The molecule has 1 atom stereocenters. The number of hydrogen-bond acceptors (Lipinski definition) is 3. The van der Waals surface area contributed by atoms with Crippen molar-refractivity contribution in [3.05, 3.63) is 0 Å². The molecule has 3 heteroatoms. The first-order valence-corrected chi connectivity index (χ1v) is 5.62. The van der Waals surface area contributed by atoms with Crippen LogP contribution in [-0.4, -0.2) is 48.8 Å². The van der Waals surface area contributed by atoms with Gasteiger partial charge in [-0.25, -0.2) is 0 Å². The van der Waals surface area contributed by atoms with Gasteiger partial charge in [0.05, 0.1) is 0 Å². The van der Waals surface area contributed by atoms with Gasteiger partial charge in [-0.2, -0.15) is 5.10 Å². The van der Waals surface area contributed by atoms with Crippen molar-refractivity contribution in [2.45, 2.75) is 32.7 Å². The van der Waals surface area contributed by atoms with Crippen LogP contribution >= 0.6 is 0 Å². The van der Waals surface area contributed by atoms with E-state index in [1.807, 2.05) is 0 Å². The molecule has 2 aliphatic rings. The molecule has 2 heterocycles. The van der Waals surface area contributed by atoms with E-state index in [1.165, 1.54) is 25.9 Å². The lowest BCUT2D eigenvalue weighted by molar-refractivity contribution is 0.101. The van der Waals surface area contributed by atoms with Crippen LogP contribution in [0.2, 0.25) is 0 Å². The lowest BCUT2D eigenvalue weighted by Crippen LogP contribution is -2.48. The van der Waals surface area contributed by atoms with E-state index in [0.717, 1.165) is 6.54 Å². The lowest BCUT2D eigenvalue weighted by atomic mass is 9.81. The van der Waals surface area contributed by atoms with E-state index in [9.17, 15) is 0 Å². The normalized spacial score (nSPS) is 33.6. The molecule has 14 heavy (non-hydrogen) atoms. The van der Waals surface area contributed by atoms with Gasteiger partial charge in [-0.1, -0.05) is 0 Å². The quantitative estimate of drug-likeness (QED) is 0.630. The van der Waals surface area contributed by atoms with E-state index in [0.29, 0.717) is 11.5 Å². The average Bonchev–Trinajstić information content (AvgIpc) is 2.47. The van der Waals surface area contributed by atoms with E-state index in [4.69, 9.17) is 0 Å². The topological polar surface area (TPSA) is 18.8 Å². The predicted molar refractivity (Wildman–Crippen MR) is 59.5 cm³/mol. The molecule has 1 unspecified atom stereocenters. The summed E-state index contributed by atoms with van der Waals surface area (Å²) in [4.78, 5) is 2.58. The summed E-state index contributed by atoms with van der Waals surface area (Å²) < 4.78 is 0. The van der Waals surface area contributed by atoms with E-state index in [2.05, 4.69) is 42.1 Å². The summed E-state index contributed by atoms with van der Waals surface area (Å²) in [5, 5.41) is 6.46. The summed E-state index contributed by atoms with van der Waals surface area (Å²) in [5.41, 5.74) is 0.358. The largest absolute Gasteiger partial charge is 0.300 e. The Morgan fingerprint density at radius 1 is 1.36 bits per heavy atom. The zero-order chi connectivity index (χ0) is 10.2. The summed E-state index contributed by atoms with van der Waals surface area (Å²) >= 11 is 0. The van der Waals surface area contributed by atoms with Gasteiger partial charge in [0.1, 0.15) is 0 Å². The highest BCUT2D eigenvalue weighted by Gasteiger charge is 2.38. The molecule has 3 nitrogen and oxygen atoms in total. The molecule has 0 aromatic carbocycles. The molecule has 80 valence electrons. The molecule has 0 radical (unpaired) electrons. The highest BCUT2D eigenvalue weighted by atomic mass is 15.5. The molecule has 1 spiro atoms. The molecule has 0 N–H and O–H groups in total. The second-order valence-corrected chi connectivity index (χ2v) is 5.09. The van der Waals surface area contributed by atoms with Crippen molar-refractivity contribution in [3.63, 3.8) is 0 Å². The highest BCUT2D eigenvalue weighted by Crippen LogP contribution is 2.32. The van der Waals surface area contributed by atoms with Gasteiger partial charge in [-0.3, -0.25) is 9.91 Å². The van der Waals surface area contributed by atoms with Gasteiger partial charge in [0.15, 0.2) is 0 Å². The fraction of sp³-hybridized carbons (Fsp3) is 0.909. The third kappa shape index (κ3) is 1.78. The van der Waals surface area contributed by atoms with E-state index < -0.39 is 0 Å². The van der Waals surface area contributed by atoms with Crippen molar-refractivity contribution in [2.24, 2.45) is 10.5 Å². The van der Waals surface area contributed by atoms with Gasteiger partial charge in [-0.05, 0) is 33.2 Å². The number of rotatable bonds is 1. The first-order valence-electron chi connectivity index (χ1n) is 5.62. The molecule has 0 aromatic heterocycles. The number of nitrogens with zero attached hydrogens (tertiary/aromatic N) is 3. The molecule has 0 amide bonds. The van der Waals surface area contributed by atoms with Crippen LogP contribution in [0.1, 0.15) is 26.7 Å². The maximum atomic E-state index is 4.39. The van der Waals surface area contributed by atoms with Gasteiger partial charge in [0.25, 0.3) is 0 Å². The Balaban J connectivity index is 2.04. The Morgan fingerprint density at radius 2 is 2.14 bits per heavy atom. The van der Waals surface area contributed by atoms with Crippen LogP contribution in [0, 0.1) is 5.41 Å². The Labute approximate surface area is 86.8 Å². The highest BCUT2D eigenvalue weighted by molar-refractivity contribution is 5.68. The second-order valence-electron chi connectivity index (χ2n) is 5.09. The molecule has 1 saturated heterocycles. The maximum absolute atomic E-state index is 4.39. The Morgan fingerprint density at radius 3 is 2.71 bits per heavy atom. The smallest absolute Gasteiger partial charge is 0.0476 e. The summed E-state index contributed by atoms with van der Waals surface area (Å²) in [6, 6.07) is 0.673. The second kappa shape index (κ2) is 3.54. The summed E-state index contributed by atoms with van der Waals surface area (Å²) in [6.07, 6.45) is 4.81. The summed E-state index contributed by atoms with van der Waals surface area (Å²) in [6.45, 7) is 8.13. The first-order chi connectivity index (χ1) is 6.61. The SMILES string of the molecule is CC(C)N1CCCC2(C=NN(C)C2)C1. The van der Waals surface area contributed by atoms with Gasteiger partial charge in [0, 0.05) is 37.8 Å². The van der Waals surface area contributed by atoms with Gasteiger partial charge in [-0.15, -0.1) is 0 Å². The first kappa shape index (κ1) is 9.97. The molecule has 2 rings (SSSR count). The molecule has 0 aromatic rings. The van der Waals surface area contributed by atoms with Crippen LogP contribution in [0.4, 0.5) is 0 Å². The minimum atomic E-state index is 0.358. The number of hydrogen-bond donors (Lipinski definition) is 0. The third-order valence-corrected chi connectivity index (χ3v) is 3.44. The Kier molecular flexibility index (Phi) is 2.52. The van der Waals surface area contributed by atoms with Crippen LogP contribution in [0.25, 0.3) is 0 Å². The maximum Gasteiger partial charge on any atom is 0.0476 e. The summed E-state index contributed by atoms with van der Waals surface area (Å²) in [7, 11) is 2.07. The van der Waals surface area contributed by atoms with Crippen molar-refractivity contribution < 1.29 is 0 Å². The average molecular weight is 195 g/mol. The zero-order valence-electron chi connectivity index (χ0n) is 9.53. The number of hydrazone groups is 1. The molecular weight excluding hydrogens is 174 g/mol. The van der Waals surface area contributed by atoms with Crippen LogP contribution in [0.15, 0.2) is 5.10 Å². The monoisotopic (exact) mass is 195 g/mol. The molecule has 0 saturated carbocycles. The minimum Gasteiger partial charge on any atom is -0.300 e. The Bertz CT molecular complexity index is 237. The molecule has 2 aliphatic heterocycles. The summed E-state index contributed by atoms with van der Waals surface area (Å²) in [5.74, 6) is 0. The van der Waals surface area contributed by atoms with Gasteiger partial charge in [0.2, 0.25) is 0 Å². The predicted octanol–water partition coefficient (Wildman–Crippen LogP) is 1.41. The fourth-order valence-electron chi connectivity index (χ4n) is 2.63. The third-order valence-electron chi connectivity index (χ3n) is 3.44. The molecule has 0 bridgehead atoms. The van der Waals surface area contributed by atoms with Crippen molar-refractivity contribution in [1.82, 2.24) is 9.91 Å². The van der Waals surface area contributed by atoms with Crippen LogP contribution < -0.4 is 0 Å². The van der Waals surface area contributed by atoms with Crippen LogP contribution in [0.5, 0.6) is 0 Å². The van der Waals surface area contributed by atoms with Crippen molar-refractivity contribution in [1.29, 1.82) is 0 Å². The van der Waals surface area contributed by atoms with Gasteiger partial charge >= 0.3 is 0 Å². The molecule has 0 aliphatic carbocycles. The lowest BCUT2D eigenvalue weighted by Gasteiger charge is -2.40. The van der Waals surface area contributed by atoms with E-state index >= 15 is 0 Å². The number of piperidine rings is 1. The Hall–Kier alpha value is -0.570. The molecule has 1 fully saturated rings. The van der Waals surface area contributed by atoms with E-state index in [1.54, 1.807) is 0 Å². The van der Waals surface area contributed by atoms with Crippen LogP contribution in [0.3, 0.4) is 0 Å². The van der Waals surface area contributed by atoms with Gasteiger partial charge < -0.3 is 0 Å².